The lowest BCUT2D eigenvalue weighted by Crippen LogP contribution is -2.51. The maximum absolute atomic E-state index is 16.1. The minimum atomic E-state index is -3.19. The number of carbonyl (C=O) groups excluding carboxylic acids is 2. The fourth-order valence-corrected chi connectivity index (χ4v) is 7.29. The maximum atomic E-state index is 16.1. The highest BCUT2D eigenvalue weighted by Gasteiger charge is 2.55. The molecule has 8 rings (SSSR count). The van der Waals surface area contributed by atoms with E-state index in [1.807, 2.05) is 49.1 Å². The number of hydrogen-bond acceptors (Lipinski definition) is 5. The van der Waals surface area contributed by atoms with Crippen LogP contribution in [0.15, 0.2) is 67.1 Å². The van der Waals surface area contributed by atoms with Crippen LogP contribution in [0.25, 0.3) is 44.5 Å². The van der Waals surface area contributed by atoms with Gasteiger partial charge in [-0.05, 0) is 77.1 Å². The van der Waals surface area contributed by atoms with E-state index in [1.54, 1.807) is 30.7 Å². The van der Waals surface area contributed by atoms with Crippen LogP contribution in [0.4, 0.5) is 13.6 Å². The molecule has 2 aliphatic carbocycles. The molecule has 2 atom stereocenters. The first kappa shape index (κ1) is 29.3. The highest BCUT2D eigenvalue weighted by molar-refractivity contribution is 5.88. The summed E-state index contributed by atoms with van der Waals surface area (Å²) in [6.07, 6.45) is 5.41. The third-order valence-corrected chi connectivity index (χ3v) is 10.1. The molecule has 3 heterocycles. The minimum Gasteiger partial charge on any atom is -0.453 e. The number of aromatic amines is 2. The Bertz CT molecular complexity index is 2060. The molecule has 240 valence electrons. The average Bonchev–Trinajstić information content (AvgIpc) is 3.45. The van der Waals surface area contributed by atoms with Gasteiger partial charge in [0.1, 0.15) is 11.9 Å². The SMILES string of the molecule is COC(=O)N[C@H](C(=O)N1CC2(CC2)C[C@H]1c1ncc(-c2ccc3c(c2)C(F)(F)c2cc(-c4ccc5nc[nH]c5c4)ccc2-3)[nH]1)C(C)C. The number of hydrogen-bond donors (Lipinski definition) is 3. The Morgan fingerprint density at radius 1 is 0.979 bits per heavy atom. The van der Waals surface area contributed by atoms with Gasteiger partial charge >= 0.3 is 6.09 Å². The summed E-state index contributed by atoms with van der Waals surface area (Å²) >= 11 is 0. The van der Waals surface area contributed by atoms with E-state index in [1.165, 1.54) is 13.2 Å². The smallest absolute Gasteiger partial charge is 0.407 e. The molecule has 5 aromatic rings. The van der Waals surface area contributed by atoms with Gasteiger partial charge in [0.2, 0.25) is 5.91 Å². The molecule has 3 aliphatic rings. The fourth-order valence-electron chi connectivity index (χ4n) is 7.29. The first-order valence-electron chi connectivity index (χ1n) is 15.9. The summed E-state index contributed by atoms with van der Waals surface area (Å²) in [6.45, 7) is 4.34. The summed E-state index contributed by atoms with van der Waals surface area (Å²) in [7, 11) is 1.27. The molecular formula is C36H34F2N6O3. The molecule has 2 fully saturated rings. The molecule has 47 heavy (non-hydrogen) atoms. The lowest BCUT2D eigenvalue weighted by atomic mass is 9.98. The number of nitrogens with zero attached hydrogens (tertiary/aromatic N) is 3. The highest BCUT2D eigenvalue weighted by atomic mass is 19.3. The topological polar surface area (TPSA) is 116 Å². The van der Waals surface area contributed by atoms with Crippen LogP contribution in [0.5, 0.6) is 0 Å². The van der Waals surface area contributed by atoms with Crippen LogP contribution < -0.4 is 5.32 Å². The third kappa shape index (κ3) is 4.78. The Labute approximate surface area is 269 Å². The first-order valence-corrected chi connectivity index (χ1v) is 15.9. The van der Waals surface area contributed by atoms with Crippen molar-refractivity contribution >= 4 is 23.0 Å². The lowest BCUT2D eigenvalue weighted by Gasteiger charge is -2.30. The number of imidazole rings is 2. The molecule has 2 amide bonds. The molecule has 1 spiro atoms. The van der Waals surface area contributed by atoms with Crippen LogP contribution in [0.3, 0.4) is 0 Å². The van der Waals surface area contributed by atoms with Crippen LogP contribution in [0, 0.1) is 11.3 Å². The van der Waals surface area contributed by atoms with Gasteiger partial charge in [-0.1, -0.05) is 44.2 Å². The number of halogens is 2. The van der Waals surface area contributed by atoms with Crippen molar-refractivity contribution < 1.29 is 23.1 Å². The molecule has 3 N–H and O–H groups in total. The number of amides is 2. The van der Waals surface area contributed by atoms with Gasteiger partial charge in [-0.25, -0.2) is 14.8 Å². The summed E-state index contributed by atoms with van der Waals surface area (Å²) in [5, 5.41) is 2.69. The zero-order valence-electron chi connectivity index (χ0n) is 26.2. The number of aromatic nitrogens is 4. The Morgan fingerprint density at radius 2 is 1.66 bits per heavy atom. The number of alkyl carbamates (subject to hydrolysis) is 1. The second kappa shape index (κ2) is 10.5. The number of methoxy groups -OCH3 is 1. The quantitative estimate of drug-likeness (QED) is 0.183. The molecule has 0 bridgehead atoms. The van der Waals surface area contributed by atoms with E-state index in [-0.39, 0.29) is 34.4 Å². The fraction of sp³-hybridized carbons (Fsp3) is 0.333. The number of carbonyl (C=O) groups is 2. The van der Waals surface area contributed by atoms with Crippen LogP contribution in [-0.2, 0) is 15.5 Å². The number of fused-ring (bicyclic) bond motifs is 4. The van der Waals surface area contributed by atoms with Crippen molar-refractivity contribution in [1.82, 2.24) is 30.2 Å². The number of rotatable bonds is 6. The largest absolute Gasteiger partial charge is 0.453 e. The molecule has 3 aromatic carbocycles. The number of nitrogens with one attached hydrogen (secondary N) is 3. The number of alkyl halides is 2. The zero-order valence-corrected chi connectivity index (χ0v) is 26.2. The molecule has 11 heteroatoms. The molecule has 1 saturated heterocycles. The van der Waals surface area contributed by atoms with Crippen molar-refractivity contribution in [2.45, 2.75) is 51.1 Å². The third-order valence-electron chi connectivity index (χ3n) is 10.1. The van der Waals surface area contributed by atoms with Crippen LogP contribution >= 0.6 is 0 Å². The molecule has 0 unspecified atom stereocenters. The Kier molecular flexibility index (Phi) is 6.54. The number of H-pyrrole nitrogens is 2. The van der Waals surface area contributed by atoms with Gasteiger partial charge in [0.15, 0.2) is 0 Å². The predicted molar refractivity (Wildman–Crippen MR) is 172 cm³/mol. The highest BCUT2D eigenvalue weighted by Crippen LogP contribution is 2.58. The standard InChI is InChI=1S/C36H34F2N6O3/c1-19(2)31(43-34(46)47-3)33(45)44-17-35(10-11-35)15-30(44)32-39-16-29(42-32)22-5-8-24-23-7-4-20(12-25(23)36(37,38)26(24)13-22)21-6-9-27-28(14-21)41-18-40-27/h4-9,12-14,16,18-19,30-31H,10-11,15,17H2,1-3H3,(H,39,42)(H,40,41)(H,43,46)/t30-,31-/m0/s1. The van der Waals surface area contributed by atoms with E-state index in [9.17, 15) is 9.59 Å². The molecule has 1 aliphatic heterocycles. The molecule has 0 radical (unpaired) electrons. The molecule has 2 aromatic heterocycles. The summed E-state index contributed by atoms with van der Waals surface area (Å²) < 4.78 is 37.0. The lowest BCUT2D eigenvalue weighted by molar-refractivity contribution is -0.135. The Balaban J connectivity index is 1.08. The second-order valence-electron chi connectivity index (χ2n) is 13.5. The van der Waals surface area contributed by atoms with Crippen molar-refractivity contribution in [2.24, 2.45) is 11.3 Å². The van der Waals surface area contributed by atoms with Gasteiger partial charge in [-0.3, -0.25) is 4.79 Å². The summed E-state index contributed by atoms with van der Waals surface area (Å²) in [6, 6.07) is 15.0. The maximum Gasteiger partial charge on any atom is 0.407 e. The molecule has 1 saturated carbocycles. The van der Waals surface area contributed by atoms with Crippen molar-refractivity contribution in [3.05, 3.63) is 84.1 Å². The van der Waals surface area contributed by atoms with Crippen molar-refractivity contribution in [3.8, 4) is 33.5 Å². The number of likely N-dealkylation sites (tertiary alicyclic amines) is 1. The first-order chi connectivity index (χ1) is 22.6. The number of benzene rings is 3. The van der Waals surface area contributed by atoms with E-state index in [0.29, 0.717) is 40.3 Å². The van der Waals surface area contributed by atoms with Gasteiger partial charge in [0.25, 0.3) is 5.92 Å². The number of ether oxygens (including phenoxy) is 1. The Hall–Kier alpha value is -5.06. The minimum absolute atomic E-state index is 0.0210. The van der Waals surface area contributed by atoms with E-state index >= 15 is 8.78 Å². The summed E-state index contributed by atoms with van der Waals surface area (Å²) in [4.78, 5) is 43.0. The van der Waals surface area contributed by atoms with Crippen molar-refractivity contribution in [1.29, 1.82) is 0 Å². The van der Waals surface area contributed by atoms with Gasteiger partial charge in [0, 0.05) is 23.2 Å². The van der Waals surface area contributed by atoms with E-state index in [2.05, 4.69) is 25.3 Å². The van der Waals surface area contributed by atoms with Gasteiger partial charge in [0.05, 0.1) is 42.4 Å². The van der Waals surface area contributed by atoms with E-state index in [4.69, 9.17) is 4.74 Å². The summed E-state index contributed by atoms with van der Waals surface area (Å²) in [5.74, 6) is -2.93. The van der Waals surface area contributed by atoms with E-state index < -0.39 is 18.1 Å². The van der Waals surface area contributed by atoms with Crippen molar-refractivity contribution in [2.75, 3.05) is 13.7 Å². The normalized spacial score (nSPS) is 19.2. The van der Waals surface area contributed by atoms with Gasteiger partial charge in [-0.2, -0.15) is 8.78 Å². The molecular weight excluding hydrogens is 602 g/mol. The monoisotopic (exact) mass is 636 g/mol. The predicted octanol–water partition coefficient (Wildman–Crippen LogP) is 7.17. The van der Waals surface area contributed by atoms with E-state index in [0.717, 1.165) is 35.9 Å². The van der Waals surface area contributed by atoms with Crippen LogP contribution in [0.2, 0.25) is 0 Å². The Morgan fingerprint density at radius 3 is 2.36 bits per heavy atom. The van der Waals surface area contributed by atoms with Gasteiger partial charge < -0.3 is 24.9 Å². The average molecular weight is 637 g/mol. The van der Waals surface area contributed by atoms with Crippen LogP contribution in [-0.4, -0.2) is 56.5 Å². The zero-order chi connectivity index (χ0) is 32.7. The summed E-state index contributed by atoms with van der Waals surface area (Å²) in [5.41, 5.74) is 5.38. The molecule has 9 nitrogen and oxygen atoms in total. The van der Waals surface area contributed by atoms with Crippen LogP contribution in [0.1, 0.15) is 56.1 Å². The van der Waals surface area contributed by atoms with Gasteiger partial charge in [-0.15, -0.1) is 0 Å². The van der Waals surface area contributed by atoms with Crippen molar-refractivity contribution in [3.63, 3.8) is 0 Å². The second-order valence-corrected chi connectivity index (χ2v) is 13.5.